The van der Waals surface area contributed by atoms with E-state index in [0.29, 0.717) is 11.8 Å². The maximum Gasteiger partial charge on any atom is 0.0984 e. The fourth-order valence-corrected chi connectivity index (χ4v) is 3.45. The standard InChI is InChI=1S/C12H19N3S/c1-15-4-2-9(3-5-15)11-8-16-12(14-11)10-6-13-7-10/h8-10,13H,2-7H2,1H3. The van der Waals surface area contributed by atoms with Crippen molar-refractivity contribution in [2.24, 2.45) is 0 Å². The van der Waals surface area contributed by atoms with E-state index in [2.05, 4.69) is 22.6 Å². The monoisotopic (exact) mass is 237 g/mol. The Morgan fingerprint density at radius 2 is 2.06 bits per heavy atom. The Bertz CT molecular complexity index is 351. The van der Waals surface area contributed by atoms with Gasteiger partial charge in [-0.15, -0.1) is 11.3 Å². The number of aromatic nitrogens is 1. The van der Waals surface area contributed by atoms with E-state index in [1.54, 1.807) is 0 Å². The van der Waals surface area contributed by atoms with Crippen molar-refractivity contribution >= 4 is 11.3 Å². The zero-order chi connectivity index (χ0) is 11.0. The van der Waals surface area contributed by atoms with E-state index >= 15 is 0 Å². The van der Waals surface area contributed by atoms with Gasteiger partial charge in [-0.05, 0) is 33.0 Å². The summed E-state index contributed by atoms with van der Waals surface area (Å²) in [5.41, 5.74) is 1.36. The van der Waals surface area contributed by atoms with Gasteiger partial charge in [-0.25, -0.2) is 4.98 Å². The average Bonchev–Trinajstić information content (AvgIpc) is 2.65. The van der Waals surface area contributed by atoms with Crippen molar-refractivity contribution in [2.45, 2.75) is 24.7 Å². The van der Waals surface area contributed by atoms with Crippen LogP contribution in [0.3, 0.4) is 0 Å². The lowest BCUT2D eigenvalue weighted by Crippen LogP contribution is -2.39. The van der Waals surface area contributed by atoms with Crippen LogP contribution in [0.2, 0.25) is 0 Å². The number of thiazole rings is 1. The first kappa shape index (κ1) is 10.7. The third-order valence-corrected chi connectivity index (χ3v) is 4.83. The summed E-state index contributed by atoms with van der Waals surface area (Å²) in [5, 5.41) is 6.96. The van der Waals surface area contributed by atoms with Crippen LogP contribution in [0.15, 0.2) is 5.38 Å². The summed E-state index contributed by atoms with van der Waals surface area (Å²) in [6.07, 6.45) is 2.56. The highest BCUT2D eigenvalue weighted by molar-refractivity contribution is 7.09. The third kappa shape index (κ3) is 2.01. The quantitative estimate of drug-likeness (QED) is 0.847. The van der Waals surface area contributed by atoms with Crippen molar-refractivity contribution in [2.75, 3.05) is 33.2 Å². The molecule has 1 aromatic heterocycles. The normalized spacial score (nSPS) is 24.6. The maximum atomic E-state index is 4.84. The van der Waals surface area contributed by atoms with E-state index in [0.717, 1.165) is 13.1 Å². The van der Waals surface area contributed by atoms with Crippen molar-refractivity contribution in [1.29, 1.82) is 0 Å². The molecule has 0 spiro atoms. The number of piperidine rings is 1. The third-order valence-electron chi connectivity index (χ3n) is 3.81. The molecule has 0 saturated carbocycles. The molecule has 2 aliphatic heterocycles. The Labute approximate surface area is 101 Å². The first-order valence-electron chi connectivity index (χ1n) is 6.17. The minimum Gasteiger partial charge on any atom is -0.315 e. The van der Waals surface area contributed by atoms with E-state index in [1.807, 2.05) is 11.3 Å². The summed E-state index contributed by atoms with van der Waals surface area (Å²) in [6, 6.07) is 0. The van der Waals surface area contributed by atoms with E-state index in [-0.39, 0.29) is 0 Å². The molecule has 0 amide bonds. The largest absolute Gasteiger partial charge is 0.315 e. The molecule has 16 heavy (non-hydrogen) atoms. The number of likely N-dealkylation sites (tertiary alicyclic amines) is 1. The zero-order valence-electron chi connectivity index (χ0n) is 9.78. The topological polar surface area (TPSA) is 28.2 Å². The second-order valence-electron chi connectivity index (χ2n) is 5.04. The van der Waals surface area contributed by atoms with Crippen LogP contribution in [0.4, 0.5) is 0 Å². The molecule has 3 heterocycles. The Hall–Kier alpha value is -0.450. The van der Waals surface area contributed by atoms with E-state index in [4.69, 9.17) is 4.98 Å². The van der Waals surface area contributed by atoms with Gasteiger partial charge in [0.2, 0.25) is 0 Å². The Balaban J connectivity index is 1.67. The van der Waals surface area contributed by atoms with Crippen molar-refractivity contribution in [1.82, 2.24) is 15.2 Å². The second-order valence-corrected chi connectivity index (χ2v) is 5.93. The van der Waals surface area contributed by atoms with Gasteiger partial charge in [0.15, 0.2) is 0 Å². The minimum atomic E-state index is 0.699. The average molecular weight is 237 g/mol. The van der Waals surface area contributed by atoms with Gasteiger partial charge in [0.05, 0.1) is 10.7 Å². The maximum absolute atomic E-state index is 4.84. The molecule has 0 atom stereocenters. The van der Waals surface area contributed by atoms with Gasteiger partial charge < -0.3 is 10.2 Å². The van der Waals surface area contributed by atoms with E-state index in [1.165, 1.54) is 36.6 Å². The van der Waals surface area contributed by atoms with Gasteiger partial charge in [0, 0.05) is 30.3 Å². The molecule has 0 radical (unpaired) electrons. The lowest BCUT2D eigenvalue weighted by atomic mass is 9.94. The smallest absolute Gasteiger partial charge is 0.0984 e. The van der Waals surface area contributed by atoms with Gasteiger partial charge in [0.1, 0.15) is 0 Å². The molecular formula is C12H19N3S. The summed E-state index contributed by atoms with van der Waals surface area (Å²) in [5.74, 6) is 1.42. The SMILES string of the molecule is CN1CCC(c2csc(C3CNC3)n2)CC1. The molecule has 1 aromatic rings. The summed E-state index contributed by atoms with van der Waals surface area (Å²) in [6.45, 7) is 4.70. The van der Waals surface area contributed by atoms with Gasteiger partial charge >= 0.3 is 0 Å². The Morgan fingerprint density at radius 3 is 2.69 bits per heavy atom. The Morgan fingerprint density at radius 1 is 1.31 bits per heavy atom. The van der Waals surface area contributed by atoms with Crippen LogP contribution < -0.4 is 5.32 Å². The molecule has 2 fully saturated rings. The molecule has 2 saturated heterocycles. The number of rotatable bonds is 2. The van der Waals surface area contributed by atoms with Gasteiger partial charge in [0.25, 0.3) is 0 Å². The lowest BCUT2D eigenvalue weighted by molar-refractivity contribution is 0.253. The van der Waals surface area contributed by atoms with Crippen LogP contribution in [-0.4, -0.2) is 43.1 Å². The van der Waals surface area contributed by atoms with Crippen LogP contribution in [0, 0.1) is 0 Å². The molecule has 3 nitrogen and oxygen atoms in total. The molecule has 0 aromatic carbocycles. The second kappa shape index (κ2) is 4.43. The van der Waals surface area contributed by atoms with E-state index in [9.17, 15) is 0 Å². The molecule has 4 heteroatoms. The summed E-state index contributed by atoms with van der Waals surface area (Å²) >= 11 is 1.86. The molecule has 1 N–H and O–H groups in total. The van der Waals surface area contributed by atoms with Crippen LogP contribution in [0.25, 0.3) is 0 Å². The van der Waals surface area contributed by atoms with Crippen molar-refractivity contribution in [3.63, 3.8) is 0 Å². The van der Waals surface area contributed by atoms with Crippen LogP contribution >= 0.6 is 11.3 Å². The highest BCUT2D eigenvalue weighted by atomic mass is 32.1. The summed E-state index contributed by atoms with van der Waals surface area (Å²) in [4.78, 5) is 7.26. The van der Waals surface area contributed by atoms with Gasteiger partial charge in [-0.2, -0.15) is 0 Å². The number of nitrogens with one attached hydrogen (secondary N) is 1. The van der Waals surface area contributed by atoms with Gasteiger partial charge in [-0.3, -0.25) is 0 Å². The number of hydrogen-bond donors (Lipinski definition) is 1. The molecule has 3 rings (SSSR count). The highest BCUT2D eigenvalue weighted by Crippen LogP contribution is 2.31. The van der Waals surface area contributed by atoms with Crippen molar-refractivity contribution in [3.8, 4) is 0 Å². The molecule has 88 valence electrons. The van der Waals surface area contributed by atoms with Crippen LogP contribution in [0.5, 0.6) is 0 Å². The summed E-state index contributed by atoms with van der Waals surface area (Å²) in [7, 11) is 2.21. The highest BCUT2D eigenvalue weighted by Gasteiger charge is 2.25. The minimum absolute atomic E-state index is 0.699. The number of hydrogen-bond acceptors (Lipinski definition) is 4. The van der Waals surface area contributed by atoms with E-state index < -0.39 is 0 Å². The predicted octanol–water partition coefficient (Wildman–Crippen LogP) is 1.64. The summed E-state index contributed by atoms with van der Waals surface area (Å²) < 4.78 is 0. The molecule has 0 bridgehead atoms. The van der Waals surface area contributed by atoms with Crippen molar-refractivity contribution in [3.05, 3.63) is 16.1 Å². The fourth-order valence-electron chi connectivity index (χ4n) is 2.44. The van der Waals surface area contributed by atoms with Crippen LogP contribution in [0.1, 0.15) is 35.4 Å². The van der Waals surface area contributed by atoms with Crippen molar-refractivity contribution < 1.29 is 0 Å². The predicted molar refractivity (Wildman–Crippen MR) is 67.2 cm³/mol. The molecule has 2 aliphatic rings. The molecule has 0 aliphatic carbocycles. The van der Waals surface area contributed by atoms with Crippen LogP contribution in [-0.2, 0) is 0 Å². The Kier molecular flexibility index (Phi) is 2.96. The first-order chi connectivity index (χ1) is 7.83. The molecular weight excluding hydrogens is 218 g/mol. The molecule has 0 unspecified atom stereocenters. The van der Waals surface area contributed by atoms with Gasteiger partial charge in [-0.1, -0.05) is 0 Å². The number of nitrogens with zero attached hydrogens (tertiary/aromatic N) is 2. The zero-order valence-corrected chi connectivity index (χ0v) is 10.6. The first-order valence-corrected chi connectivity index (χ1v) is 7.05. The fraction of sp³-hybridized carbons (Fsp3) is 0.750. The lowest BCUT2D eigenvalue weighted by Gasteiger charge is -2.28.